The van der Waals surface area contributed by atoms with Crippen molar-refractivity contribution in [3.8, 4) is 5.75 Å². The number of morpholine rings is 1. The number of aliphatic hydroxyl groups is 1. The molecule has 1 aliphatic heterocycles. The molecule has 0 spiro atoms. The topological polar surface area (TPSA) is 41.9 Å². The summed E-state index contributed by atoms with van der Waals surface area (Å²) in [5, 5.41) is 10.1. The van der Waals surface area contributed by atoms with Crippen molar-refractivity contribution >= 4 is 12.4 Å². The number of β-amino-alcohol motifs (C(OH)–C–C–N with tert-alkyl or cyclic N) is 1. The van der Waals surface area contributed by atoms with Gasteiger partial charge in [0.25, 0.3) is 0 Å². The van der Waals surface area contributed by atoms with Gasteiger partial charge in [-0.2, -0.15) is 0 Å². The van der Waals surface area contributed by atoms with Gasteiger partial charge in [0.15, 0.2) is 11.6 Å². The fraction of sp³-hybridized carbons (Fsp3) is 0.600. The summed E-state index contributed by atoms with van der Waals surface area (Å²) in [7, 11) is 0. The van der Waals surface area contributed by atoms with Crippen LogP contribution in [0.4, 0.5) is 4.39 Å². The number of halogens is 2. The molecule has 21 heavy (non-hydrogen) atoms. The number of benzene rings is 1. The zero-order valence-electron chi connectivity index (χ0n) is 12.4. The van der Waals surface area contributed by atoms with Crippen molar-refractivity contribution in [3.05, 3.63) is 30.1 Å². The zero-order valence-corrected chi connectivity index (χ0v) is 13.2. The molecule has 0 aliphatic carbocycles. The first kappa shape index (κ1) is 18.2. The van der Waals surface area contributed by atoms with Gasteiger partial charge in [0.1, 0.15) is 12.7 Å². The molecule has 1 fully saturated rings. The van der Waals surface area contributed by atoms with Gasteiger partial charge in [-0.15, -0.1) is 12.4 Å². The van der Waals surface area contributed by atoms with Crippen LogP contribution in [0.5, 0.6) is 5.75 Å². The molecular formula is C15H23ClFNO3. The molecule has 2 rings (SSSR count). The maximum absolute atomic E-state index is 13.4. The van der Waals surface area contributed by atoms with Gasteiger partial charge < -0.3 is 14.6 Å². The third kappa shape index (κ3) is 5.11. The molecule has 1 atom stereocenters. The highest BCUT2D eigenvalue weighted by Gasteiger charge is 2.31. The number of hydrogen-bond donors (Lipinski definition) is 1. The van der Waals surface area contributed by atoms with Gasteiger partial charge in [-0.05, 0) is 26.0 Å². The van der Waals surface area contributed by atoms with Crippen molar-refractivity contribution in [1.82, 2.24) is 4.90 Å². The monoisotopic (exact) mass is 319 g/mol. The molecule has 1 saturated heterocycles. The van der Waals surface area contributed by atoms with Gasteiger partial charge >= 0.3 is 0 Å². The van der Waals surface area contributed by atoms with E-state index in [-0.39, 0.29) is 30.3 Å². The first-order chi connectivity index (χ1) is 9.49. The van der Waals surface area contributed by atoms with Crippen LogP contribution in [0.25, 0.3) is 0 Å². The van der Waals surface area contributed by atoms with Crippen LogP contribution in [0.2, 0.25) is 0 Å². The second-order valence-corrected chi connectivity index (χ2v) is 5.71. The molecule has 0 amide bonds. The Kier molecular flexibility index (Phi) is 6.87. The van der Waals surface area contributed by atoms with Crippen LogP contribution < -0.4 is 4.74 Å². The summed E-state index contributed by atoms with van der Waals surface area (Å²) >= 11 is 0. The molecule has 1 aromatic carbocycles. The summed E-state index contributed by atoms with van der Waals surface area (Å²) < 4.78 is 24.2. The van der Waals surface area contributed by atoms with E-state index in [0.29, 0.717) is 19.8 Å². The molecule has 1 aromatic rings. The summed E-state index contributed by atoms with van der Waals surface area (Å²) in [6.07, 6.45) is -0.660. The number of aliphatic hydroxyl groups excluding tert-OH is 1. The van der Waals surface area contributed by atoms with Gasteiger partial charge in [-0.1, -0.05) is 12.1 Å². The molecule has 0 saturated carbocycles. The Morgan fingerprint density at radius 3 is 2.81 bits per heavy atom. The Balaban J connectivity index is 0.00000220. The Bertz CT molecular complexity index is 445. The molecule has 0 aromatic heterocycles. The number of nitrogens with zero attached hydrogens (tertiary/aromatic N) is 1. The van der Waals surface area contributed by atoms with E-state index in [0.717, 1.165) is 6.54 Å². The molecule has 1 unspecified atom stereocenters. The minimum absolute atomic E-state index is 0. The predicted octanol–water partition coefficient (Wildman–Crippen LogP) is 2.10. The van der Waals surface area contributed by atoms with Crippen LogP contribution in [-0.2, 0) is 4.74 Å². The van der Waals surface area contributed by atoms with E-state index in [9.17, 15) is 9.50 Å². The molecule has 0 bridgehead atoms. The lowest BCUT2D eigenvalue weighted by molar-refractivity contribution is -0.0704. The van der Waals surface area contributed by atoms with Crippen molar-refractivity contribution in [2.45, 2.75) is 25.5 Å². The van der Waals surface area contributed by atoms with E-state index in [1.807, 2.05) is 0 Å². The summed E-state index contributed by atoms with van der Waals surface area (Å²) in [6, 6.07) is 6.21. The number of rotatable bonds is 5. The van der Waals surface area contributed by atoms with Crippen LogP contribution in [0.15, 0.2) is 24.3 Å². The van der Waals surface area contributed by atoms with E-state index in [4.69, 9.17) is 9.47 Å². The fourth-order valence-corrected chi connectivity index (χ4v) is 2.28. The standard InChI is InChI=1S/C15H22FNO3.ClH/c1-15(2)11-19-8-7-17(15)9-12(18)10-20-14-6-4-3-5-13(14)16;/h3-6,12,18H,7-11H2,1-2H3;1H. The van der Waals surface area contributed by atoms with E-state index in [2.05, 4.69) is 18.7 Å². The highest BCUT2D eigenvalue weighted by Crippen LogP contribution is 2.20. The average Bonchev–Trinajstić information content (AvgIpc) is 2.40. The minimum atomic E-state index is -0.660. The van der Waals surface area contributed by atoms with Gasteiger partial charge in [0.05, 0.1) is 13.2 Å². The van der Waals surface area contributed by atoms with Crippen molar-refractivity contribution in [2.75, 3.05) is 32.9 Å². The number of para-hydroxylation sites is 1. The number of ether oxygens (including phenoxy) is 2. The van der Waals surface area contributed by atoms with Crippen LogP contribution in [0, 0.1) is 5.82 Å². The average molecular weight is 320 g/mol. The first-order valence-electron chi connectivity index (χ1n) is 6.87. The second kappa shape index (κ2) is 7.94. The highest BCUT2D eigenvalue weighted by atomic mass is 35.5. The molecule has 0 radical (unpaired) electrons. The molecular weight excluding hydrogens is 297 g/mol. The molecule has 120 valence electrons. The van der Waals surface area contributed by atoms with E-state index < -0.39 is 11.9 Å². The molecule has 1 aliphatic rings. The Morgan fingerprint density at radius 1 is 1.43 bits per heavy atom. The number of hydrogen-bond acceptors (Lipinski definition) is 4. The van der Waals surface area contributed by atoms with Crippen molar-refractivity contribution in [3.63, 3.8) is 0 Å². The lowest BCUT2D eigenvalue weighted by atomic mass is 10.0. The lowest BCUT2D eigenvalue weighted by Gasteiger charge is -2.42. The van der Waals surface area contributed by atoms with Crippen molar-refractivity contribution in [2.24, 2.45) is 0 Å². The molecule has 1 heterocycles. The lowest BCUT2D eigenvalue weighted by Crippen LogP contribution is -2.55. The summed E-state index contributed by atoms with van der Waals surface area (Å²) in [4.78, 5) is 2.17. The van der Waals surface area contributed by atoms with Crippen LogP contribution in [0.1, 0.15) is 13.8 Å². The molecule has 1 N–H and O–H groups in total. The maximum atomic E-state index is 13.4. The molecule has 4 nitrogen and oxygen atoms in total. The SMILES string of the molecule is CC1(C)COCCN1CC(O)COc1ccccc1F.Cl. The molecule has 6 heteroatoms. The largest absolute Gasteiger partial charge is 0.488 e. The van der Waals surface area contributed by atoms with Gasteiger partial charge in [0.2, 0.25) is 0 Å². The van der Waals surface area contributed by atoms with Crippen molar-refractivity contribution < 1.29 is 19.0 Å². The second-order valence-electron chi connectivity index (χ2n) is 5.71. The minimum Gasteiger partial charge on any atom is -0.488 e. The van der Waals surface area contributed by atoms with Gasteiger partial charge in [-0.3, -0.25) is 4.90 Å². The third-order valence-corrected chi connectivity index (χ3v) is 3.52. The Hall–Kier alpha value is -0.880. The quantitative estimate of drug-likeness (QED) is 0.902. The van der Waals surface area contributed by atoms with E-state index >= 15 is 0 Å². The fourth-order valence-electron chi connectivity index (χ4n) is 2.28. The predicted molar refractivity (Wildman–Crippen MR) is 81.6 cm³/mol. The summed E-state index contributed by atoms with van der Waals surface area (Å²) in [5.74, 6) is -0.237. The third-order valence-electron chi connectivity index (χ3n) is 3.52. The van der Waals surface area contributed by atoms with Crippen molar-refractivity contribution in [1.29, 1.82) is 0 Å². The summed E-state index contributed by atoms with van der Waals surface area (Å²) in [5.41, 5.74) is -0.1000. The zero-order chi connectivity index (χ0) is 14.6. The van der Waals surface area contributed by atoms with Crippen LogP contribution in [-0.4, -0.2) is 54.6 Å². The Morgan fingerprint density at radius 2 is 2.14 bits per heavy atom. The highest BCUT2D eigenvalue weighted by molar-refractivity contribution is 5.85. The Labute approximate surface area is 131 Å². The van der Waals surface area contributed by atoms with Crippen LogP contribution >= 0.6 is 12.4 Å². The van der Waals surface area contributed by atoms with E-state index in [1.165, 1.54) is 6.07 Å². The summed E-state index contributed by atoms with van der Waals surface area (Å²) in [6.45, 7) is 6.83. The maximum Gasteiger partial charge on any atom is 0.165 e. The van der Waals surface area contributed by atoms with Gasteiger partial charge in [-0.25, -0.2) is 4.39 Å². The first-order valence-corrected chi connectivity index (χ1v) is 6.87. The van der Waals surface area contributed by atoms with Crippen LogP contribution in [0.3, 0.4) is 0 Å². The van der Waals surface area contributed by atoms with Gasteiger partial charge in [0, 0.05) is 18.6 Å². The van der Waals surface area contributed by atoms with E-state index in [1.54, 1.807) is 18.2 Å². The normalized spacial score (nSPS) is 19.6. The smallest absolute Gasteiger partial charge is 0.165 e.